The van der Waals surface area contributed by atoms with E-state index < -0.39 is 134 Å². The number of amides is 5. The van der Waals surface area contributed by atoms with E-state index in [1.54, 1.807) is 18.2 Å². The standard InChI is InChI=1S/C37H39N5O15/c43-27(44)12-9-23(34(54)38-17-30(49)50)40-36(56)26-6-3-15-42(26)37(57)25(11-14-29(47)48)41-35(55)24(10-13-28(45)46)39-33(53)18-7-8-20-19-4-1-2-5-21(19)31(51)32(52)22(20)16-18/h1-2,4-5,7-8,16,23-26H,3,6,9-15,17H2,(H,38,54)(H,39,53)(H,40,56)(H,41,55)(H,43,44)(H,45,46)(H,47,48)(H,49,50)/t23-,24-,25-,26-/m0/s1. The summed E-state index contributed by atoms with van der Waals surface area (Å²) in [4.78, 5) is 139. The maximum atomic E-state index is 13.9. The number of Topliss-reactive ketones (excluding diaryl/α,β-unsaturated/α-hetero) is 2. The first kappa shape index (κ1) is 42.7. The van der Waals surface area contributed by atoms with E-state index in [0.717, 1.165) is 11.0 Å². The fraction of sp³-hybridized carbons (Fsp3) is 0.378. The van der Waals surface area contributed by atoms with E-state index in [-0.39, 0.29) is 36.1 Å². The molecule has 0 aromatic heterocycles. The average molecular weight is 794 g/mol. The van der Waals surface area contributed by atoms with Gasteiger partial charge in [-0.15, -0.1) is 0 Å². The number of hydrogen-bond donors (Lipinski definition) is 8. The lowest BCUT2D eigenvalue weighted by Gasteiger charge is -2.30. The van der Waals surface area contributed by atoms with Crippen LogP contribution in [0.15, 0.2) is 42.5 Å². The molecule has 8 N–H and O–H groups in total. The molecular weight excluding hydrogens is 754 g/mol. The van der Waals surface area contributed by atoms with Crippen molar-refractivity contribution < 1.29 is 73.2 Å². The molecule has 0 unspecified atom stereocenters. The molecule has 1 heterocycles. The molecule has 20 heteroatoms. The molecule has 0 bridgehead atoms. The molecule has 4 atom stereocenters. The molecular formula is C37H39N5O15. The minimum atomic E-state index is -1.63. The number of aliphatic carboxylic acids is 4. The number of ketones is 2. The molecule has 1 aliphatic heterocycles. The van der Waals surface area contributed by atoms with Gasteiger partial charge < -0.3 is 46.6 Å². The van der Waals surface area contributed by atoms with Crippen molar-refractivity contribution in [2.45, 2.75) is 75.5 Å². The van der Waals surface area contributed by atoms with Crippen LogP contribution in [0.5, 0.6) is 0 Å². The topological polar surface area (TPSA) is 320 Å². The Morgan fingerprint density at radius 1 is 0.632 bits per heavy atom. The summed E-state index contributed by atoms with van der Waals surface area (Å²) in [5.74, 6) is -11.9. The smallest absolute Gasteiger partial charge is 0.322 e. The Hall–Kier alpha value is -6.99. The number of likely N-dealkylation sites (tertiary alicyclic amines) is 1. The van der Waals surface area contributed by atoms with E-state index in [1.165, 1.54) is 18.2 Å². The number of benzene rings is 2. The molecule has 2 aromatic carbocycles. The molecule has 0 radical (unpaired) electrons. The molecule has 2 aliphatic rings. The summed E-state index contributed by atoms with van der Waals surface area (Å²) in [7, 11) is 0. The van der Waals surface area contributed by atoms with Gasteiger partial charge in [0.25, 0.3) is 5.91 Å². The van der Waals surface area contributed by atoms with Gasteiger partial charge in [-0.1, -0.05) is 30.3 Å². The highest BCUT2D eigenvalue weighted by Gasteiger charge is 2.40. The lowest BCUT2D eigenvalue weighted by molar-refractivity contribution is -0.144. The molecule has 57 heavy (non-hydrogen) atoms. The second-order valence-electron chi connectivity index (χ2n) is 13.2. The van der Waals surface area contributed by atoms with Crippen molar-refractivity contribution in [3.8, 4) is 11.1 Å². The summed E-state index contributed by atoms with van der Waals surface area (Å²) in [6, 6.07) is 4.28. The van der Waals surface area contributed by atoms with Crippen molar-refractivity contribution in [1.82, 2.24) is 26.2 Å². The molecule has 0 saturated carbocycles. The van der Waals surface area contributed by atoms with Gasteiger partial charge in [-0.2, -0.15) is 0 Å². The van der Waals surface area contributed by atoms with E-state index in [2.05, 4.69) is 21.3 Å². The monoisotopic (exact) mass is 793 g/mol. The number of nitrogens with zero attached hydrogens (tertiary/aromatic N) is 1. The van der Waals surface area contributed by atoms with E-state index in [0.29, 0.717) is 11.1 Å². The third-order valence-electron chi connectivity index (χ3n) is 9.26. The summed E-state index contributed by atoms with van der Waals surface area (Å²) in [5.41, 5.74) is 0.807. The Balaban J connectivity index is 1.54. The Bertz CT molecular complexity index is 2010. The fourth-order valence-corrected chi connectivity index (χ4v) is 6.44. The SMILES string of the molecule is O=C(O)CC[C@H](NC(=O)c1ccc2c(c1)C(=O)C(=O)c1ccccc1-2)C(=O)N[C@@H](CCC(=O)O)C(=O)N1CCC[C@H]1C(=O)N[C@@H](CCC(=O)O)C(=O)NCC(=O)O. The summed E-state index contributed by atoms with van der Waals surface area (Å²) in [6.07, 6.45) is -3.03. The van der Waals surface area contributed by atoms with Gasteiger partial charge in [0.1, 0.15) is 30.7 Å². The quantitative estimate of drug-likeness (QED) is 0.0838. The molecule has 1 saturated heterocycles. The number of carboxylic acids is 4. The number of fused-ring (bicyclic) bond motifs is 3. The third-order valence-corrected chi connectivity index (χ3v) is 9.26. The summed E-state index contributed by atoms with van der Waals surface area (Å²) in [5, 5.41) is 45.9. The summed E-state index contributed by atoms with van der Waals surface area (Å²) >= 11 is 0. The van der Waals surface area contributed by atoms with Crippen molar-refractivity contribution in [3.63, 3.8) is 0 Å². The number of nitrogens with one attached hydrogen (secondary N) is 4. The van der Waals surface area contributed by atoms with Gasteiger partial charge in [0.2, 0.25) is 35.2 Å². The Morgan fingerprint density at radius 2 is 1.18 bits per heavy atom. The number of hydrogen-bond acceptors (Lipinski definition) is 11. The van der Waals surface area contributed by atoms with Crippen molar-refractivity contribution >= 4 is 65.0 Å². The summed E-state index contributed by atoms with van der Waals surface area (Å²) < 4.78 is 0. The highest BCUT2D eigenvalue weighted by molar-refractivity contribution is 6.53. The number of carbonyl (C=O) groups excluding carboxylic acids is 7. The highest BCUT2D eigenvalue weighted by Crippen LogP contribution is 2.34. The minimum Gasteiger partial charge on any atom is -0.481 e. The van der Waals surface area contributed by atoms with Crippen LogP contribution in [0.2, 0.25) is 0 Å². The molecule has 1 fully saturated rings. The first-order chi connectivity index (χ1) is 27.0. The highest BCUT2D eigenvalue weighted by atomic mass is 16.4. The lowest BCUT2D eigenvalue weighted by atomic mass is 9.83. The fourth-order valence-electron chi connectivity index (χ4n) is 6.44. The molecule has 302 valence electrons. The molecule has 20 nitrogen and oxygen atoms in total. The molecule has 5 amide bonds. The predicted molar refractivity (Wildman–Crippen MR) is 192 cm³/mol. The van der Waals surface area contributed by atoms with Crippen LogP contribution >= 0.6 is 0 Å². The maximum Gasteiger partial charge on any atom is 0.322 e. The van der Waals surface area contributed by atoms with Gasteiger partial charge in [-0.05, 0) is 55.4 Å². The van der Waals surface area contributed by atoms with Crippen molar-refractivity contribution in [3.05, 3.63) is 59.2 Å². The van der Waals surface area contributed by atoms with Crippen molar-refractivity contribution in [2.75, 3.05) is 13.1 Å². The van der Waals surface area contributed by atoms with E-state index in [9.17, 15) is 63.0 Å². The van der Waals surface area contributed by atoms with Gasteiger partial charge in [-0.25, -0.2) is 0 Å². The van der Waals surface area contributed by atoms with E-state index in [1.807, 2.05) is 0 Å². The summed E-state index contributed by atoms with van der Waals surface area (Å²) in [6.45, 7) is -0.890. The van der Waals surface area contributed by atoms with Gasteiger partial charge in [-0.3, -0.25) is 52.7 Å². The largest absolute Gasteiger partial charge is 0.481 e. The maximum absolute atomic E-state index is 13.9. The number of carboxylic acid groups (broad SMARTS) is 4. The second kappa shape index (κ2) is 19.0. The van der Waals surface area contributed by atoms with Crippen LogP contribution < -0.4 is 21.3 Å². The van der Waals surface area contributed by atoms with Crippen LogP contribution in [0.25, 0.3) is 11.1 Å². The van der Waals surface area contributed by atoms with Crippen molar-refractivity contribution in [2.24, 2.45) is 0 Å². The van der Waals surface area contributed by atoms with Crippen molar-refractivity contribution in [1.29, 1.82) is 0 Å². The van der Waals surface area contributed by atoms with Crippen LogP contribution in [-0.4, -0.2) is 128 Å². The Labute approximate surface area is 323 Å². The lowest BCUT2D eigenvalue weighted by Crippen LogP contribution is -2.58. The zero-order valence-corrected chi connectivity index (χ0v) is 30.1. The zero-order chi connectivity index (χ0) is 42.0. The first-order valence-electron chi connectivity index (χ1n) is 17.7. The second-order valence-corrected chi connectivity index (χ2v) is 13.2. The minimum absolute atomic E-state index is 0.0390. The van der Waals surface area contributed by atoms with E-state index >= 15 is 0 Å². The van der Waals surface area contributed by atoms with Gasteiger partial charge in [0.15, 0.2) is 0 Å². The predicted octanol–water partition coefficient (Wildman–Crippen LogP) is -0.413. The number of carbonyl (C=O) groups is 11. The average Bonchev–Trinajstić information content (AvgIpc) is 3.67. The van der Waals surface area contributed by atoms with Gasteiger partial charge in [0.05, 0.1) is 0 Å². The van der Waals surface area contributed by atoms with Crippen LogP contribution in [0.1, 0.15) is 82.4 Å². The zero-order valence-electron chi connectivity index (χ0n) is 30.1. The molecule has 1 aliphatic carbocycles. The molecule has 4 rings (SSSR count). The normalized spacial score (nSPS) is 15.9. The van der Waals surface area contributed by atoms with Crippen LogP contribution in [-0.2, 0) is 38.4 Å². The third kappa shape index (κ3) is 11.0. The van der Waals surface area contributed by atoms with E-state index in [4.69, 9.17) is 10.2 Å². The van der Waals surface area contributed by atoms with Crippen LogP contribution in [0, 0.1) is 0 Å². The van der Waals surface area contributed by atoms with Crippen LogP contribution in [0.3, 0.4) is 0 Å². The first-order valence-corrected chi connectivity index (χ1v) is 17.7. The Kier molecular flexibility index (Phi) is 14.3. The van der Waals surface area contributed by atoms with Gasteiger partial charge in [0, 0.05) is 42.5 Å². The Morgan fingerprint density at radius 3 is 1.77 bits per heavy atom. The van der Waals surface area contributed by atoms with Crippen LogP contribution in [0.4, 0.5) is 0 Å². The molecule has 0 spiro atoms. The van der Waals surface area contributed by atoms with Gasteiger partial charge >= 0.3 is 23.9 Å². The molecule has 2 aromatic rings. The number of rotatable bonds is 19.